The van der Waals surface area contributed by atoms with E-state index in [0.29, 0.717) is 5.15 Å². The van der Waals surface area contributed by atoms with E-state index >= 15 is 0 Å². The molecule has 1 aliphatic rings. The molecule has 0 aromatic carbocycles. The molecule has 1 atom stereocenters. The van der Waals surface area contributed by atoms with Crippen molar-refractivity contribution in [3.05, 3.63) is 23.2 Å². The van der Waals surface area contributed by atoms with Gasteiger partial charge < -0.3 is 4.74 Å². The van der Waals surface area contributed by atoms with Crippen molar-refractivity contribution < 1.29 is 4.74 Å². The van der Waals surface area contributed by atoms with E-state index in [1.54, 1.807) is 6.07 Å². The minimum Gasteiger partial charge on any atom is -0.372 e. The Morgan fingerprint density at radius 2 is 2.42 bits per heavy atom. The highest BCUT2D eigenvalue weighted by Gasteiger charge is 2.18. The summed E-state index contributed by atoms with van der Waals surface area (Å²) in [6.07, 6.45) is 3.74. The fourth-order valence-electron chi connectivity index (χ4n) is 1.33. The lowest BCUT2D eigenvalue weighted by Gasteiger charge is -2.07. The van der Waals surface area contributed by atoms with Crippen LogP contribution < -0.4 is 0 Å². The zero-order chi connectivity index (χ0) is 8.39. The van der Waals surface area contributed by atoms with Gasteiger partial charge in [-0.1, -0.05) is 11.6 Å². The van der Waals surface area contributed by atoms with Crippen LogP contribution in [0.5, 0.6) is 0 Å². The second kappa shape index (κ2) is 3.37. The molecule has 2 heterocycles. The summed E-state index contributed by atoms with van der Waals surface area (Å²) in [6.45, 7) is 0.826. The number of nitrogens with zero attached hydrogens (tertiary/aromatic N) is 2. The zero-order valence-electron chi connectivity index (χ0n) is 6.53. The number of rotatable bonds is 1. The molecule has 0 aliphatic carbocycles. The third kappa shape index (κ3) is 1.57. The average molecular weight is 185 g/mol. The molecule has 1 fully saturated rings. The fraction of sp³-hybridized carbons (Fsp3) is 0.500. The summed E-state index contributed by atoms with van der Waals surface area (Å²) in [7, 11) is 0. The van der Waals surface area contributed by atoms with Crippen molar-refractivity contribution in [1.29, 1.82) is 0 Å². The number of hydrogen-bond acceptors (Lipinski definition) is 3. The summed E-state index contributed by atoms with van der Waals surface area (Å²) in [5.41, 5.74) is 0.896. The Balaban J connectivity index is 2.21. The molecule has 0 saturated carbocycles. The standard InChI is InChI=1S/C8H9ClN2O/c9-8-4-6(10-5-11-8)7-2-1-3-12-7/h4-5,7H,1-3H2/t7-/m1/s1. The summed E-state index contributed by atoms with van der Waals surface area (Å²) in [5, 5.41) is 0.482. The van der Waals surface area contributed by atoms with Crippen LogP contribution in [0.15, 0.2) is 12.4 Å². The third-order valence-corrected chi connectivity index (χ3v) is 2.12. The van der Waals surface area contributed by atoms with Crippen molar-refractivity contribution in [2.24, 2.45) is 0 Å². The van der Waals surface area contributed by atoms with Crippen molar-refractivity contribution in [1.82, 2.24) is 9.97 Å². The van der Waals surface area contributed by atoms with Crippen LogP contribution in [0.3, 0.4) is 0 Å². The summed E-state index contributed by atoms with van der Waals surface area (Å²) in [4.78, 5) is 7.91. The van der Waals surface area contributed by atoms with Crippen LogP contribution in [0.1, 0.15) is 24.6 Å². The first-order valence-electron chi connectivity index (χ1n) is 3.95. The Labute approximate surface area is 75.7 Å². The predicted octanol–water partition coefficient (Wildman–Crippen LogP) is 1.98. The Hall–Kier alpha value is -0.670. The van der Waals surface area contributed by atoms with E-state index < -0.39 is 0 Å². The van der Waals surface area contributed by atoms with Gasteiger partial charge in [0, 0.05) is 6.61 Å². The first-order valence-corrected chi connectivity index (χ1v) is 4.33. The number of halogens is 1. The topological polar surface area (TPSA) is 35.0 Å². The lowest BCUT2D eigenvalue weighted by molar-refractivity contribution is 0.108. The van der Waals surface area contributed by atoms with E-state index in [9.17, 15) is 0 Å². The van der Waals surface area contributed by atoms with E-state index in [0.717, 1.165) is 25.1 Å². The molecule has 0 radical (unpaired) electrons. The molecule has 4 heteroatoms. The summed E-state index contributed by atoms with van der Waals surface area (Å²) < 4.78 is 5.45. The lowest BCUT2D eigenvalue weighted by atomic mass is 10.2. The Bertz CT molecular complexity index is 274. The van der Waals surface area contributed by atoms with Crippen molar-refractivity contribution in [3.63, 3.8) is 0 Å². The minimum atomic E-state index is 0.130. The highest BCUT2D eigenvalue weighted by Crippen LogP contribution is 2.27. The molecule has 1 saturated heterocycles. The lowest BCUT2D eigenvalue weighted by Crippen LogP contribution is -1.99. The van der Waals surface area contributed by atoms with Crippen LogP contribution in [-0.2, 0) is 4.74 Å². The average Bonchev–Trinajstić information content (AvgIpc) is 2.56. The maximum atomic E-state index is 5.72. The fourth-order valence-corrected chi connectivity index (χ4v) is 1.49. The van der Waals surface area contributed by atoms with Crippen LogP contribution in [0.2, 0.25) is 5.15 Å². The molecule has 0 N–H and O–H groups in total. The van der Waals surface area contributed by atoms with Gasteiger partial charge in [0.1, 0.15) is 11.5 Å². The molecular weight excluding hydrogens is 176 g/mol. The third-order valence-electron chi connectivity index (χ3n) is 1.91. The van der Waals surface area contributed by atoms with E-state index in [1.807, 2.05) is 0 Å². The molecular formula is C8H9ClN2O. The molecule has 1 aromatic heterocycles. The first-order chi connectivity index (χ1) is 5.86. The number of ether oxygens (including phenoxy) is 1. The summed E-state index contributed by atoms with van der Waals surface area (Å²) in [5.74, 6) is 0. The second-order valence-electron chi connectivity index (χ2n) is 2.77. The quantitative estimate of drug-likeness (QED) is 0.626. The van der Waals surface area contributed by atoms with Gasteiger partial charge in [-0.2, -0.15) is 0 Å². The van der Waals surface area contributed by atoms with Gasteiger partial charge in [-0.25, -0.2) is 9.97 Å². The molecule has 0 amide bonds. The van der Waals surface area contributed by atoms with Crippen LogP contribution in [0, 0.1) is 0 Å². The summed E-state index contributed by atoms with van der Waals surface area (Å²) in [6, 6.07) is 1.76. The molecule has 1 aromatic rings. The van der Waals surface area contributed by atoms with Gasteiger partial charge in [0.25, 0.3) is 0 Å². The summed E-state index contributed by atoms with van der Waals surface area (Å²) >= 11 is 5.72. The maximum Gasteiger partial charge on any atom is 0.132 e. The molecule has 0 bridgehead atoms. The first kappa shape index (κ1) is 7.95. The normalized spacial score (nSPS) is 22.9. The van der Waals surface area contributed by atoms with Gasteiger partial charge >= 0.3 is 0 Å². The minimum absolute atomic E-state index is 0.130. The highest BCUT2D eigenvalue weighted by molar-refractivity contribution is 6.29. The van der Waals surface area contributed by atoms with Crippen molar-refractivity contribution in [3.8, 4) is 0 Å². The van der Waals surface area contributed by atoms with Crippen molar-refractivity contribution in [2.75, 3.05) is 6.61 Å². The second-order valence-corrected chi connectivity index (χ2v) is 3.15. The van der Waals surface area contributed by atoms with E-state index in [4.69, 9.17) is 16.3 Å². The van der Waals surface area contributed by atoms with Crippen LogP contribution in [0.25, 0.3) is 0 Å². The highest BCUT2D eigenvalue weighted by atomic mass is 35.5. The Kier molecular flexibility index (Phi) is 2.23. The monoisotopic (exact) mass is 184 g/mol. The van der Waals surface area contributed by atoms with E-state index in [2.05, 4.69) is 9.97 Å². The molecule has 3 nitrogen and oxygen atoms in total. The predicted molar refractivity (Wildman–Crippen MR) is 45.0 cm³/mol. The molecule has 0 spiro atoms. The molecule has 0 unspecified atom stereocenters. The zero-order valence-corrected chi connectivity index (χ0v) is 7.29. The SMILES string of the molecule is Clc1cc([C@H]2CCCO2)ncn1. The number of hydrogen-bond donors (Lipinski definition) is 0. The van der Waals surface area contributed by atoms with Crippen molar-refractivity contribution >= 4 is 11.6 Å². The largest absolute Gasteiger partial charge is 0.372 e. The van der Waals surface area contributed by atoms with Gasteiger partial charge in [0.2, 0.25) is 0 Å². The van der Waals surface area contributed by atoms with Gasteiger partial charge in [-0.3, -0.25) is 0 Å². The Morgan fingerprint density at radius 1 is 1.50 bits per heavy atom. The molecule has 2 rings (SSSR count). The van der Waals surface area contributed by atoms with Gasteiger partial charge in [0.15, 0.2) is 0 Å². The van der Waals surface area contributed by atoms with Crippen molar-refractivity contribution in [2.45, 2.75) is 18.9 Å². The van der Waals surface area contributed by atoms with Gasteiger partial charge in [-0.15, -0.1) is 0 Å². The number of aromatic nitrogens is 2. The Morgan fingerprint density at radius 3 is 3.08 bits per heavy atom. The van der Waals surface area contributed by atoms with Crippen LogP contribution in [0.4, 0.5) is 0 Å². The van der Waals surface area contributed by atoms with E-state index in [-0.39, 0.29) is 6.10 Å². The van der Waals surface area contributed by atoms with E-state index in [1.165, 1.54) is 6.33 Å². The molecule has 1 aliphatic heterocycles. The van der Waals surface area contributed by atoms with Gasteiger partial charge in [0.05, 0.1) is 11.8 Å². The molecule has 12 heavy (non-hydrogen) atoms. The van der Waals surface area contributed by atoms with Gasteiger partial charge in [-0.05, 0) is 18.9 Å². The van der Waals surface area contributed by atoms with Crippen LogP contribution in [-0.4, -0.2) is 16.6 Å². The van der Waals surface area contributed by atoms with Crippen LogP contribution >= 0.6 is 11.6 Å². The molecule has 64 valence electrons. The maximum absolute atomic E-state index is 5.72. The smallest absolute Gasteiger partial charge is 0.132 e.